The first-order valence-electron chi connectivity index (χ1n) is 7.97. The van der Waals surface area contributed by atoms with Gasteiger partial charge in [-0.2, -0.15) is 0 Å². The van der Waals surface area contributed by atoms with Crippen LogP contribution >= 0.6 is 0 Å². The summed E-state index contributed by atoms with van der Waals surface area (Å²) >= 11 is 0. The molecule has 0 aromatic carbocycles. The van der Waals surface area contributed by atoms with Crippen molar-refractivity contribution in [2.75, 3.05) is 25.0 Å². The van der Waals surface area contributed by atoms with Crippen LogP contribution in [0.2, 0.25) is 0 Å². The molecule has 2 rings (SSSR count). The van der Waals surface area contributed by atoms with Crippen molar-refractivity contribution in [1.82, 2.24) is 25.2 Å². The fourth-order valence-electron chi connectivity index (χ4n) is 2.08. The number of urea groups is 1. The first-order chi connectivity index (χ1) is 11.3. The zero-order valence-electron chi connectivity index (χ0n) is 13.2. The Labute approximate surface area is 136 Å². The number of hydrogen-bond acceptors (Lipinski definition) is 4. The molecule has 2 aromatic rings. The molecular weight excluding hydrogens is 292 g/mol. The highest BCUT2D eigenvalue weighted by molar-refractivity contribution is 5.73. The Kier molecular flexibility index (Phi) is 7.45. The summed E-state index contributed by atoms with van der Waals surface area (Å²) in [5.41, 5.74) is 0. The van der Waals surface area contributed by atoms with Crippen molar-refractivity contribution in [2.24, 2.45) is 0 Å². The molecule has 23 heavy (non-hydrogen) atoms. The molecular formula is C16H24N6O. The summed E-state index contributed by atoms with van der Waals surface area (Å²) in [5.74, 6) is 0.885. The highest BCUT2D eigenvalue weighted by atomic mass is 16.2. The topological polar surface area (TPSA) is 83.9 Å². The molecule has 124 valence electrons. The Morgan fingerprint density at radius 1 is 1.04 bits per heavy atom. The molecule has 0 bridgehead atoms. The van der Waals surface area contributed by atoms with Gasteiger partial charge in [-0.1, -0.05) is 6.07 Å². The summed E-state index contributed by atoms with van der Waals surface area (Å²) < 4.78 is 1.99. The number of rotatable bonds is 10. The van der Waals surface area contributed by atoms with Gasteiger partial charge >= 0.3 is 6.03 Å². The number of anilines is 1. The van der Waals surface area contributed by atoms with Crippen LogP contribution in [0.1, 0.15) is 19.3 Å². The average molecular weight is 316 g/mol. The number of amides is 2. The summed E-state index contributed by atoms with van der Waals surface area (Å²) in [5, 5.41) is 8.96. The van der Waals surface area contributed by atoms with Crippen molar-refractivity contribution in [3.05, 3.63) is 43.1 Å². The normalized spacial score (nSPS) is 10.3. The van der Waals surface area contributed by atoms with Gasteiger partial charge in [0, 0.05) is 44.8 Å². The molecule has 2 heterocycles. The highest BCUT2D eigenvalue weighted by Crippen LogP contribution is 2.00. The standard InChI is InChI=1S/C16H24N6O/c23-16(21-10-5-12-22-13-11-17-14-22)20-9-4-3-8-19-15-6-1-2-7-18-15/h1-2,6-7,11,13-14H,3-5,8-10,12H2,(H,18,19)(H2,20,21,23). The number of aryl methyl sites for hydroxylation is 1. The number of carbonyl (C=O) groups excluding carboxylic acids is 1. The van der Waals surface area contributed by atoms with E-state index in [0.29, 0.717) is 13.1 Å². The van der Waals surface area contributed by atoms with Crippen LogP contribution in [-0.2, 0) is 6.54 Å². The van der Waals surface area contributed by atoms with Crippen LogP contribution in [0.5, 0.6) is 0 Å². The van der Waals surface area contributed by atoms with Gasteiger partial charge in [0.1, 0.15) is 5.82 Å². The molecule has 7 heteroatoms. The maximum absolute atomic E-state index is 11.6. The van der Waals surface area contributed by atoms with E-state index in [2.05, 4.69) is 25.9 Å². The fraction of sp³-hybridized carbons (Fsp3) is 0.438. The third-order valence-corrected chi connectivity index (χ3v) is 3.30. The molecule has 3 N–H and O–H groups in total. The first kappa shape index (κ1) is 16.8. The van der Waals surface area contributed by atoms with Gasteiger partial charge in [-0.15, -0.1) is 0 Å². The van der Waals surface area contributed by atoms with Crippen LogP contribution < -0.4 is 16.0 Å². The molecule has 0 saturated carbocycles. The fourth-order valence-corrected chi connectivity index (χ4v) is 2.08. The molecule has 2 aromatic heterocycles. The smallest absolute Gasteiger partial charge is 0.314 e. The molecule has 0 saturated heterocycles. The molecule has 2 amide bonds. The van der Waals surface area contributed by atoms with E-state index in [4.69, 9.17) is 0 Å². The molecule has 0 spiro atoms. The second kappa shape index (κ2) is 10.2. The Balaban J connectivity index is 1.41. The Morgan fingerprint density at radius 3 is 2.61 bits per heavy atom. The molecule has 0 aliphatic carbocycles. The summed E-state index contributed by atoms with van der Waals surface area (Å²) in [6.07, 6.45) is 10.0. The van der Waals surface area contributed by atoms with Crippen molar-refractivity contribution < 1.29 is 4.79 Å². The molecule has 0 aliphatic heterocycles. The number of hydrogen-bond donors (Lipinski definition) is 3. The van der Waals surface area contributed by atoms with E-state index in [0.717, 1.165) is 38.2 Å². The lowest BCUT2D eigenvalue weighted by atomic mass is 10.3. The van der Waals surface area contributed by atoms with Crippen molar-refractivity contribution in [1.29, 1.82) is 0 Å². The highest BCUT2D eigenvalue weighted by Gasteiger charge is 1.99. The summed E-state index contributed by atoms with van der Waals surface area (Å²) in [6, 6.07) is 5.68. The van der Waals surface area contributed by atoms with Gasteiger partial charge in [-0.25, -0.2) is 14.8 Å². The zero-order valence-corrected chi connectivity index (χ0v) is 13.2. The second-order valence-corrected chi connectivity index (χ2v) is 5.19. The molecule has 0 aliphatic rings. The Morgan fingerprint density at radius 2 is 1.87 bits per heavy atom. The van der Waals surface area contributed by atoms with Crippen LogP contribution in [0.25, 0.3) is 0 Å². The summed E-state index contributed by atoms with van der Waals surface area (Å²) in [7, 11) is 0. The van der Waals surface area contributed by atoms with E-state index in [1.54, 1.807) is 18.7 Å². The van der Waals surface area contributed by atoms with Crippen LogP contribution in [0.3, 0.4) is 0 Å². The quantitative estimate of drug-likeness (QED) is 0.584. The minimum absolute atomic E-state index is 0.103. The van der Waals surface area contributed by atoms with Gasteiger partial charge in [0.05, 0.1) is 6.33 Å². The van der Waals surface area contributed by atoms with E-state index >= 15 is 0 Å². The summed E-state index contributed by atoms with van der Waals surface area (Å²) in [6.45, 7) is 3.05. The van der Waals surface area contributed by atoms with Crippen LogP contribution in [0.15, 0.2) is 43.1 Å². The van der Waals surface area contributed by atoms with Gasteiger partial charge in [0.2, 0.25) is 0 Å². The third kappa shape index (κ3) is 7.30. The monoisotopic (exact) mass is 316 g/mol. The van der Waals surface area contributed by atoms with Crippen LogP contribution in [-0.4, -0.2) is 40.2 Å². The largest absolute Gasteiger partial charge is 0.370 e. The summed E-state index contributed by atoms with van der Waals surface area (Å²) in [4.78, 5) is 19.8. The number of nitrogens with zero attached hydrogens (tertiary/aromatic N) is 3. The van der Waals surface area contributed by atoms with Crippen molar-refractivity contribution >= 4 is 11.8 Å². The Bertz CT molecular complexity index is 543. The predicted molar refractivity (Wildman–Crippen MR) is 90.2 cm³/mol. The van der Waals surface area contributed by atoms with Gasteiger partial charge in [-0.3, -0.25) is 0 Å². The lowest BCUT2D eigenvalue weighted by Crippen LogP contribution is -2.36. The van der Waals surface area contributed by atoms with Crippen molar-refractivity contribution in [2.45, 2.75) is 25.8 Å². The lowest BCUT2D eigenvalue weighted by molar-refractivity contribution is 0.240. The molecule has 0 radical (unpaired) electrons. The minimum atomic E-state index is -0.103. The maximum atomic E-state index is 11.6. The van der Waals surface area contributed by atoms with Gasteiger partial charge < -0.3 is 20.5 Å². The van der Waals surface area contributed by atoms with Crippen LogP contribution in [0, 0.1) is 0 Å². The number of nitrogens with one attached hydrogen (secondary N) is 3. The number of carbonyl (C=O) groups is 1. The Hall–Kier alpha value is -2.57. The number of pyridine rings is 1. The van der Waals surface area contributed by atoms with E-state index in [-0.39, 0.29) is 6.03 Å². The molecule has 0 unspecified atom stereocenters. The van der Waals surface area contributed by atoms with E-state index < -0.39 is 0 Å². The minimum Gasteiger partial charge on any atom is -0.370 e. The van der Waals surface area contributed by atoms with Crippen molar-refractivity contribution in [3.8, 4) is 0 Å². The number of aromatic nitrogens is 3. The number of unbranched alkanes of at least 4 members (excludes halogenated alkanes) is 1. The SMILES string of the molecule is O=C(NCCCCNc1ccccn1)NCCCn1ccnc1. The predicted octanol–water partition coefficient (Wildman–Crippen LogP) is 1.86. The van der Waals surface area contributed by atoms with Gasteiger partial charge in [-0.05, 0) is 31.4 Å². The van der Waals surface area contributed by atoms with E-state index in [1.165, 1.54) is 0 Å². The first-order valence-corrected chi connectivity index (χ1v) is 7.97. The van der Waals surface area contributed by atoms with E-state index in [9.17, 15) is 4.79 Å². The zero-order chi connectivity index (χ0) is 16.2. The second-order valence-electron chi connectivity index (χ2n) is 5.19. The lowest BCUT2D eigenvalue weighted by Gasteiger charge is -2.08. The molecule has 0 atom stereocenters. The van der Waals surface area contributed by atoms with Gasteiger partial charge in [0.25, 0.3) is 0 Å². The van der Waals surface area contributed by atoms with Crippen molar-refractivity contribution in [3.63, 3.8) is 0 Å². The number of imidazole rings is 1. The molecule has 7 nitrogen and oxygen atoms in total. The average Bonchev–Trinajstić information content (AvgIpc) is 3.09. The van der Waals surface area contributed by atoms with E-state index in [1.807, 2.05) is 29.0 Å². The third-order valence-electron chi connectivity index (χ3n) is 3.30. The van der Waals surface area contributed by atoms with Gasteiger partial charge in [0.15, 0.2) is 0 Å². The molecule has 0 fully saturated rings. The maximum Gasteiger partial charge on any atom is 0.314 e. The van der Waals surface area contributed by atoms with Crippen LogP contribution in [0.4, 0.5) is 10.6 Å².